The SMILES string of the molecule is CNCc1ccc(-c2c(F)cc(F)cc2Br)o1. The summed E-state index contributed by atoms with van der Waals surface area (Å²) < 4.78 is 32.4. The summed E-state index contributed by atoms with van der Waals surface area (Å²) in [6.07, 6.45) is 0. The Morgan fingerprint density at radius 3 is 2.71 bits per heavy atom. The van der Waals surface area contributed by atoms with Gasteiger partial charge >= 0.3 is 0 Å². The van der Waals surface area contributed by atoms with Gasteiger partial charge in [0, 0.05) is 10.5 Å². The molecule has 0 saturated heterocycles. The summed E-state index contributed by atoms with van der Waals surface area (Å²) in [5.41, 5.74) is 0.230. The molecule has 0 unspecified atom stereocenters. The van der Waals surface area contributed by atoms with Crippen LogP contribution in [-0.4, -0.2) is 7.05 Å². The first-order valence-electron chi connectivity index (χ1n) is 5.00. The molecule has 5 heteroatoms. The van der Waals surface area contributed by atoms with Gasteiger partial charge in [-0.05, 0) is 41.2 Å². The van der Waals surface area contributed by atoms with E-state index in [2.05, 4.69) is 21.2 Å². The van der Waals surface area contributed by atoms with E-state index in [1.54, 1.807) is 19.2 Å². The molecule has 2 nitrogen and oxygen atoms in total. The number of rotatable bonds is 3. The van der Waals surface area contributed by atoms with Crippen molar-refractivity contribution in [1.82, 2.24) is 5.32 Å². The molecular formula is C12H10BrF2NO. The smallest absolute Gasteiger partial charge is 0.138 e. The number of nitrogens with one attached hydrogen (secondary N) is 1. The Balaban J connectivity index is 2.45. The van der Waals surface area contributed by atoms with Gasteiger partial charge in [-0.3, -0.25) is 0 Å². The van der Waals surface area contributed by atoms with Crippen molar-refractivity contribution in [3.63, 3.8) is 0 Å². The topological polar surface area (TPSA) is 25.2 Å². The molecule has 0 bridgehead atoms. The molecule has 0 spiro atoms. The zero-order chi connectivity index (χ0) is 12.4. The summed E-state index contributed by atoms with van der Waals surface area (Å²) in [7, 11) is 1.79. The number of hydrogen-bond donors (Lipinski definition) is 1. The quantitative estimate of drug-likeness (QED) is 0.935. The number of furan rings is 1. The maximum atomic E-state index is 13.6. The third kappa shape index (κ3) is 2.56. The molecule has 0 amide bonds. The molecule has 0 radical (unpaired) electrons. The Bertz CT molecular complexity index is 516. The van der Waals surface area contributed by atoms with E-state index in [1.807, 2.05) is 0 Å². The predicted octanol–water partition coefficient (Wildman–Crippen LogP) is 3.71. The van der Waals surface area contributed by atoms with Gasteiger partial charge < -0.3 is 9.73 Å². The molecule has 1 aromatic carbocycles. The summed E-state index contributed by atoms with van der Waals surface area (Å²) >= 11 is 3.13. The van der Waals surface area contributed by atoms with Gasteiger partial charge in [0.25, 0.3) is 0 Å². The maximum absolute atomic E-state index is 13.6. The average Bonchev–Trinajstić information content (AvgIpc) is 2.65. The van der Waals surface area contributed by atoms with Gasteiger partial charge in [0.15, 0.2) is 0 Å². The second-order valence-corrected chi connectivity index (χ2v) is 4.40. The van der Waals surface area contributed by atoms with Crippen molar-refractivity contribution < 1.29 is 13.2 Å². The largest absolute Gasteiger partial charge is 0.460 e. The van der Waals surface area contributed by atoms with E-state index in [9.17, 15) is 8.78 Å². The van der Waals surface area contributed by atoms with E-state index in [0.717, 1.165) is 6.07 Å². The van der Waals surface area contributed by atoms with Crippen LogP contribution >= 0.6 is 15.9 Å². The van der Waals surface area contributed by atoms with Crippen LogP contribution < -0.4 is 5.32 Å². The van der Waals surface area contributed by atoms with Gasteiger partial charge in [-0.2, -0.15) is 0 Å². The van der Waals surface area contributed by atoms with Gasteiger partial charge in [0.05, 0.1) is 12.1 Å². The molecule has 0 aliphatic heterocycles. The minimum absolute atomic E-state index is 0.230. The minimum Gasteiger partial charge on any atom is -0.460 e. The molecule has 0 aliphatic rings. The highest BCUT2D eigenvalue weighted by atomic mass is 79.9. The zero-order valence-electron chi connectivity index (χ0n) is 9.06. The van der Waals surface area contributed by atoms with E-state index in [1.165, 1.54) is 6.07 Å². The summed E-state index contributed by atoms with van der Waals surface area (Å²) in [6.45, 7) is 0.556. The van der Waals surface area contributed by atoms with E-state index >= 15 is 0 Å². The van der Waals surface area contributed by atoms with Crippen LogP contribution in [0.2, 0.25) is 0 Å². The van der Waals surface area contributed by atoms with Crippen LogP contribution in [-0.2, 0) is 6.54 Å². The summed E-state index contributed by atoms with van der Waals surface area (Å²) in [5.74, 6) is -0.208. The van der Waals surface area contributed by atoms with Gasteiger partial charge in [0.2, 0.25) is 0 Å². The lowest BCUT2D eigenvalue weighted by Gasteiger charge is -2.03. The zero-order valence-corrected chi connectivity index (χ0v) is 10.6. The Morgan fingerprint density at radius 1 is 1.29 bits per heavy atom. The van der Waals surface area contributed by atoms with Gasteiger partial charge in [-0.15, -0.1) is 0 Å². The summed E-state index contributed by atoms with van der Waals surface area (Å²) in [6, 6.07) is 5.45. The van der Waals surface area contributed by atoms with Crippen molar-refractivity contribution >= 4 is 15.9 Å². The van der Waals surface area contributed by atoms with Crippen LogP contribution in [0.1, 0.15) is 5.76 Å². The molecule has 0 saturated carbocycles. The first kappa shape index (κ1) is 12.3. The standard InChI is InChI=1S/C12H10BrF2NO/c1-16-6-8-2-3-11(17-8)12-9(13)4-7(14)5-10(12)15/h2-5,16H,6H2,1H3. The second kappa shape index (κ2) is 4.98. The van der Waals surface area contributed by atoms with Gasteiger partial charge in [0.1, 0.15) is 23.2 Å². The molecule has 0 aliphatic carbocycles. The first-order chi connectivity index (χ1) is 8.11. The fourth-order valence-electron chi connectivity index (χ4n) is 1.56. The van der Waals surface area contributed by atoms with Gasteiger partial charge in [-0.1, -0.05) is 0 Å². The highest BCUT2D eigenvalue weighted by molar-refractivity contribution is 9.10. The molecule has 2 rings (SSSR count). The van der Waals surface area contributed by atoms with Crippen LogP contribution in [0.4, 0.5) is 8.78 Å². The number of hydrogen-bond acceptors (Lipinski definition) is 2. The highest BCUT2D eigenvalue weighted by Gasteiger charge is 2.15. The van der Waals surface area contributed by atoms with Crippen molar-refractivity contribution in [2.75, 3.05) is 7.05 Å². The lowest BCUT2D eigenvalue weighted by molar-refractivity contribution is 0.501. The van der Waals surface area contributed by atoms with Crippen molar-refractivity contribution in [1.29, 1.82) is 0 Å². The molecule has 0 atom stereocenters. The van der Waals surface area contributed by atoms with E-state index < -0.39 is 11.6 Å². The first-order valence-corrected chi connectivity index (χ1v) is 5.79. The normalized spacial score (nSPS) is 10.8. The van der Waals surface area contributed by atoms with Crippen LogP contribution in [0, 0.1) is 11.6 Å². The Labute approximate surface area is 106 Å². The molecule has 1 heterocycles. The summed E-state index contributed by atoms with van der Waals surface area (Å²) in [4.78, 5) is 0. The van der Waals surface area contributed by atoms with E-state index in [0.29, 0.717) is 22.5 Å². The van der Waals surface area contributed by atoms with Crippen molar-refractivity contribution in [3.8, 4) is 11.3 Å². The van der Waals surface area contributed by atoms with Crippen LogP contribution in [0.3, 0.4) is 0 Å². The molecule has 17 heavy (non-hydrogen) atoms. The van der Waals surface area contributed by atoms with Crippen LogP contribution in [0.5, 0.6) is 0 Å². The third-order valence-electron chi connectivity index (χ3n) is 2.27. The van der Waals surface area contributed by atoms with Crippen molar-refractivity contribution in [2.45, 2.75) is 6.54 Å². The van der Waals surface area contributed by atoms with Gasteiger partial charge in [-0.25, -0.2) is 8.78 Å². The van der Waals surface area contributed by atoms with Crippen LogP contribution in [0.25, 0.3) is 11.3 Å². The Hall–Kier alpha value is -1.20. The van der Waals surface area contributed by atoms with E-state index in [4.69, 9.17) is 4.42 Å². The minimum atomic E-state index is -0.651. The fourth-order valence-corrected chi connectivity index (χ4v) is 2.16. The lowest BCUT2D eigenvalue weighted by atomic mass is 10.1. The number of halogens is 3. The van der Waals surface area contributed by atoms with Crippen molar-refractivity contribution in [3.05, 3.63) is 46.1 Å². The van der Waals surface area contributed by atoms with Crippen LogP contribution in [0.15, 0.2) is 33.2 Å². The Kier molecular flexibility index (Phi) is 3.59. The molecule has 90 valence electrons. The molecule has 1 N–H and O–H groups in total. The summed E-state index contributed by atoms with van der Waals surface area (Å²) in [5, 5.41) is 2.93. The highest BCUT2D eigenvalue weighted by Crippen LogP contribution is 2.32. The maximum Gasteiger partial charge on any atom is 0.138 e. The van der Waals surface area contributed by atoms with Crippen molar-refractivity contribution in [2.24, 2.45) is 0 Å². The lowest BCUT2D eigenvalue weighted by Crippen LogP contribution is -2.03. The molecule has 0 fully saturated rings. The fraction of sp³-hybridized carbons (Fsp3) is 0.167. The molecular weight excluding hydrogens is 292 g/mol. The Morgan fingerprint density at radius 2 is 2.06 bits per heavy atom. The predicted molar refractivity (Wildman–Crippen MR) is 64.5 cm³/mol. The monoisotopic (exact) mass is 301 g/mol. The second-order valence-electron chi connectivity index (χ2n) is 3.54. The molecule has 1 aromatic heterocycles. The van der Waals surface area contributed by atoms with E-state index in [-0.39, 0.29) is 5.56 Å². The number of benzene rings is 1. The third-order valence-corrected chi connectivity index (χ3v) is 2.89. The average molecular weight is 302 g/mol. The molecule has 2 aromatic rings.